The van der Waals surface area contributed by atoms with Crippen LogP contribution in [-0.2, 0) is 5.41 Å². The van der Waals surface area contributed by atoms with Crippen LogP contribution in [0.3, 0.4) is 0 Å². The third kappa shape index (κ3) is 3.99. The molecule has 0 atom stereocenters. The van der Waals surface area contributed by atoms with Gasteiger partial charge in [0.2, 0.25) is 0 Å². The second kappa shape index (κ2) is 10.4. The van der Waals surface area contributed by atoms with E-state index in [1.54, 1.807) is 12.4 Å². The van der Waals surface area contributed by atoms with Crippen LogP contribution < -0.4 is 0 Å². The van der Waals surface area contributed by atoms with Gasteiger partial charge in [-0.2, -0.15) is 0 Å². The van der Waals surface area contributed by atoms with E-state index in [0.717, 1.165) is 22.5 Å². The molecule has 3 nitrogen and oxygen atoms in total. The van der Waals surface area contributed by atoms with E-state index in [4.69, 9.17) is 9.97 Å². The molecular formula is C46H31N3. The fourth-order valence-electron chi connectivity index (χ4n) is 8.44. The van der Waals surface area contributed by atoms with Gasteiger partial charge in [0, 0.05) is 34.3 Å². The predicted octanol–water partition coefficient (Wildman–Crippen LogP) is 11.8. The third-order valence-electron chi connectivity index (χ3n) is 10.6. The Morgan fingerprint density at radius 3 is 1.78 bits per heavy atom. The molecule has 3 heteroatoms. The Morgan fingerprint density at radius 1 is 0.510 bits per heavy atom. The van der Waals surface area contributed by atoms with Gasteiger partial charge in [0.25, 0.3) is 0 Å². The molecule has 1 aliphatic rings. The Kier molecular flexibility index (Phi) is 5.92. The van der Waals surface area contributed by atoms with Gasteiger partial charge in [-0.15, -0.1) is 0 Å². The Hall–Kier alpha value is -6.19. The van der Waals surface area contributed by atoms with Gasteiger partial charge in [-0.1, -0.05) is 141 Å². The highest BCUT2D eigenvalue weighted by molar-refractivity contribution is 6.21. The summed E-state index contributed by atoms with van der Waals surface area (Å²) in [7, 11) is 0. The molecule has 10 rings (SSSR count). The van der Waals surface area contributed by atoms with Gasteiger partial charge in [-0.3, -0.25) is 9.97 Å². The molecule has 0 N–H and O–H groups in total. The highest BCUT2D eigenvalue weighted by Gasteiger charge is 2.39. The maximum absolute atomic E-state index is 5.39. The fraction of sp³-hybridized carbons (Fsp3) is 0.0652. The molecule has 49 heavy (non-hydrogen) atoms. The first-order valence-electron chi connectivity index (χ1n) is 16.9. The molecule has 1 aliphatic carbocycles. The number of hydrogen-bond acceptors (Lipinski definition) is 3. The summed E-state index contributed by atoms with van der Waals surface area (Å²) in [5.41, 5.74) is 12.7. The topological polar surface area (TPSA) is 38.7 Å². The van der Waals surface area contributed by atoms with Gasteiger partial charge < -0.3 is 0 Å². The van der Waals surface area contributed by atoms with Crippen molar-refractivity contribution in [3.63, 3.8) is 0 Å². The summed E-state index contributed by atoms with van der Waals surface area (Å²) in [5.74, 6) is 0. The minimum absolute atomic E-state index is 0.208. The molecule has 0 saturated heterocycles. The number of pyridine rings is 1. The van der Waals surface area contributed by atoms with Crippen LogP contribution in [0.1, 0.15) is 25.0 Å². The molecule has 0 aliphatic heterocycles. The van der Waals surface area contributed by atoms with Gasteiger partial charge in [0.05, 0.1) is 23.1 Å². The maximum Gasteiger partial charge on any atom is 0.0897 e. The first kappa shape index (κ1) is 27.9. The molecule has 230 valence electrons. The zero-order valence-electron chi connectivity index (χ0n) is 27.3. The molecule has 0 amide bonds. The number of rotatable bonds is 3. The van der Waals surface area contributed by atoms with Crippen molar-refractivity contribution in [1.82, 2.24) is 15.0 Å². The summed E-state index contributed by atoms with van der Waals surface area (Å²) in [4.78, 5) is 14.5. The van der Waals surface area contributed by atoms with Crippen LogP contribution in [0.4, 0.5) is 0 Å². The molecule has 2 aromatic heterocycles. The van der Waals surface area contributed by atoms with Gasteiger partial charge in [0.1, 0.15) is 0 Å². The summed E-state index contributed by atoms with van der Waals surface area (Å²) < 4.78 is 0. The van der Waals surface area contributed by atoms with Crippen molar-refractivity contribution in [1.29, 1.82) is 0 Å². The molecule has 0 unspecified atom stereocenters. The smallest absolute Gasteiger partial charge is 0.0897 e. The van der Waals surface area contributed by atoms with Crippen molar-refractivity contribution < 1.29 is 0 Å². The van der Waals surface area contributed by atoms with E-state index >= 15 is 0 Å². The van der Waals surface area contributed by atoms with Crippen LogP contribution in [0.15, 0.2) is 152 Å². The van der Waals surface area contributed by atoms with Gasteiger partial charge in [0.15, 0.2) is 0 Å². The van der Waals surface area contributed by atoms with Crippen LogP contribution in [0.2, 0.25) is 0 Å². The largest absolute Gasteiger partial charge is 0.261 e. The van der Waals surface area contributed by atoms with Crippen molar-refractivity contribution in [2.75, 3.05) is 0 Å². The highest BCUT2D eigenvalue weighted by atomic mass is 14.8. The number of nitrogens with zero attached hydrogens (tertiary/aromatic N) is 3. The zero-order valence-corrected chi connectivity index (χ0v) is 27.3. The quantitative estimate of drug-likeness (QED) is 0.145. The monoisotopic (exact) mass is 625 g/mol. The van der Waals surface area contributed by atoms with Crippen molar-refractivity contribution in [3.8, 4) is 44.8 Å². The average molecular weight is 626 g/mol. The van der Waals surface area contributed by atoms with Crippen LogP contribution in [0, 0.1) is 0 Å². The van der Waals surface area contributed by atoms with Gasteiger partial charge in [-0.25, -0.2) is 4.98 Å². The first-order chi connectivity index (χ1) is 24.1. The van der Waals surface area contributed by atoms with Crippen molar-refractivity contribution in [2.24, 2.45) is 0 Å². The normalized spacial score (nSPS) is 13.3. The van der Waals surface area contributed by atoms with E-state index in [2.05, 4.69) is 152 Å². The highest BCUT2D eigenvalue weighted by Crippen LogP contribution is 2.54. The van der Waals surface area contributed by atoms with E-state index < -0.39 is 0 Å². The molecule has 0 fully saturated rings. The number of fused-ring (bicyclic) bond motifs is 8. The van der Waals surface area contributed by atoms with Crippen LogP contribution in [-0.4, -0.2) is 15.0 Å². The predicted molar refractivity (Wildman–Crippen MR) is 204 cm³/mol. The Balaban J connectivity index is 1.25. The molecule has 0 spiro atoms. The number of benzene rings is 7. The second-order valence-corrected chi connectivity index (χ2v) is 13.6. The lowest BCUT2D eigenvalue weighted by Gasteiger charge is -2.26. The molecule has 7 aromatic carbocycles. The molecule has 0 saturated carbocycles. The van der Waals surface area contributed by atoms with E-state index in [1.165, 1.54) is 76.6 Å². The Morgan fingerprint density at radius 2 is 1.10 bits per heavy atom. The number of hydrogen-bond donors (Lipinski definition) is 0. The molecule has 9 aromatic rings. The second-order valence-electron chi connectivity index (χ2n) is 13.6. The maximum atomic E-state index is 5.39. The summed E-state index contributed by atoms with van der Waals surface area (Å²) >= 11 is 0. The molecule has 0 radical (unpaired) electrons. The van der Waals surface area contributed by atoms with E-state index in [1.807, 2.05) is 6.20 Å². The van der Waals surface area contributed by atoms with Gasteiger partial charge >= 0.3 is 0 Å². The molecular weight excluding hydrogens is 595 g/mol. The summed E-state index contributed by atoms with van der Waals surface area (Å²) in [5, 5.41) is 8.42. The first-order valence-corrected chi connectivity index (χ1v) is 16.9. The third-order valence-corrected chi connectivity index (χ3v) is 10.6. The summed E-state index contributed by atoms with van der Waals surface area (Å²) in [6.07, 6.45) is 5.37. The van der Waals surface area contributed by atoms with Crippen LogP contribution >= 0.6 is 0 Å². The lowest BCUT2D eigenvalue weighted by atomic mass is 9.77. The van der Waals surface area contributed by atoms with E-state index in [-0.39, 0.29) is 5.41 Å². The molecule has 0 bridgehead atoms. The molecule has 2 heterocycles. The van der Waals surface area contributed by atoms with Gasteiger partial charge in [-0.05, 0) is 71.8 Å². The minimum Gasteiger partial charge on any atom is -0.261 e. The van der Waals surface area contributed by atoms with Crippen molar-refractivity contribution in [3.05, 3.63) is 163 Å². The lowest BCUT2D eigenvalue weighted by molar-refractivity contribution is 0.662. The standard InChI is InChI=1S/C46H31N3/c1-46(2)37-18-10-9-17-36(37)45-44(46)41(43-31-12-4-3-11-28(31)23-24-38(43)49-45)30-21-19-29(20-22-30)40-32-13-5-7-15-34(32)42(39-27-47-25-26-48-39)35-16-8-6-14-33(35)40/h3-27H,1-2H3. The Bertz CT molecular complexity index is 2720. The summed E-state index contributed by atoms with van der Waals surface area (Å²) in [6.45, 7) is 4.70. The van der Waals surface area contributed by atoms with Crippen molar-refractivity contribution in [2.45, 2.75) is 19.3 Å². The number of aromatic nitrogens is 3. The SMILES string of the molecule is CC1(C)c2ccccc2-c2nc3ccc4ccccc4c3c(-c3ccc(-c4c5ccccc5c(-c5cnccn5)c5ccccc45)cc3)c21. The van der Waals surface area contributed by atoms with E-state index in [0.29, 0.717) is 0 Å². The zero-order chi connectivity index (χ0) is 32.7. The summed E-state index contributed by atoms with van der Waals surface area (Å²) in [6, 6.07) is 48.6. The fourth-order valence-corrected chi connectivity index (χ4v) is 8.44. The average Bonchev–Trinajstić information content (AvgIpc) is 3.39. The van der Waals surface area contributed by atoms with Crippen LogP contribution in [0.25, 0.3) is 88.0 Å². The Labute approximate surface area is 284 Å². The van der Waals surface area contributed by atoms with Crippen LogP contribution in [0.5, 0.6) is 0 Å². The minimum atomic E-state index is -0.208. The lowest BCUT2D eigenvalue weighted by Crippen LogP contribution is -2.16. The van der Waals surface area contributed by atoms with E-state index in [9.17, 15) is 0 Å². The van der Waals surface area contributed by atoms with Crippen molar-refractivity contribution >= 4 is 43.2 Å².